The van der Waals surface area contributed by atoms with Crippen molar-refractivity contribution in [3.63, 3.8) is 0 Å². The first-order valence-electron chi connectivity index (χ1n) is 9.60. The van der Waals surface area contributed by atoms with Crippen LogP contribution in [0.15, 0.2) is 30.5 Å². The molecule has 0 unspecified atom stereocenters. The number of carbonyl (C=O) groups is 1. The van der Waals surface area contributed by atoms with Crippen LogP contribution in [0.3, 0.4) is 0 Å². The minimum absolute atomic E-state index is 0.00131. The molecule has 1 aromatic carbocycles. The minimum Gasteiger partial charge on any atom is -0.474 e. The van der Waals surface area contributed by atoms with E-state index in [9.17, 15) is 4.79 Å². The zero-order valence-electron chi connectivity index (χ0n) is 16.8. The molecule has 1 saturated heterocycles. The van der Waals surface area contributed by atoms with E-state index in [1.807, 2.05) is 32.9 Å². The molecule has 3 rings (SSSR count). The largest absolute Gasteiger partial charge is 0.474 e. The van der Waals surface area contributed by atoms with Crippen LogP contribution in [0.5, 0.6) is 5.88 Å². The maximum atomic E-state index is 12.2. The fourth-order valence-corrected chi connectivity index (χ4v) is 3.34. The van der Waals surface area contributed by atoms with Gasteiger partial charge in [0.1, 0.15) is 17.5 Å². The molecular formula is C21H25Cl2N3O3. The van der Waals surface area contributed by atoms with Gasteiger partial charge in [0, 0.05) is 44.6 Å². The molecule has 2 heterocycles. The van der Waals surface area contributed by atoms with Gasteiger partial charge < -0.3 is 14.4 Å². The first-order valence-corrected chi connectivity index (χ1v) is 10.4. The second-order valence-corrected chi connectivity index (χ2v) is 8.84. The van der Waals surface area contributed by atoms with Crippen LogP contribution in [-0.2, 0) is 11.2 Å². The lowest BCUT2D eigenvalue weighted by Crippen LogP contribution is -2.44. The van der Waals surface area contributed by atoms with E-state index in [0.29, 0.717) is 41.3 Å². The van der Waals surface area contributed by atoms with Crippen molar-refractivity contribution < 1.29 is 14.3 Å². The van der Waals surface area contributed by atoms with Crippen molar-refractivity contribution in [3.8, 4) is 5.88 Å². The highest BCUT2D eigenvalue weighted by molar-refractivity contribution is 6.42. The molecule has 29 heavy (non-hydrogen) atoms. The maximum Gasteiger partial charge on any atom is 0.410 e. The van der Waals surface area contributed by atoms with E-state index in [1.165, 1.54) is 0 Å². The van der Waals surface area contributed by atoms with Gasteiger partial charge in [0.05, 0.1) is 10.0 Å². The summed E-state index contributed by atoms with van der Waals surface area (Å²) in [7, 11) is 0. The number of rotatable bonds is 4. The maximum absolute atomic E-state index is 12.2. The molecule has 1 aliphatic rings. The van der Waals surface area contributed by atoms with Gasteiger partial charge >= 0.3 is 6.09 Å². The average molecular weight is 438 g/mol. The summed E-state index contributed by atoms with van der Waals surface area (Å²) in [6.45, 7) is 6.80. The summed E-state index contributed by atoms with van der Waals surface area (Å²) < 4.78 is 11.5. The molecule has 6 nitrogen and oxygen atoms in total. The number of hydrogen-bond donors (Lipinski definition) is 0. The fraction of sp³-hybridized carbons (Fsp3) is 0.476. The number of ether oxygens (including phenoxy) is 2. The lowest BCUT2D eigenvalue weighted by molar-refractivity contribution is 0.0123. The molecule has 156 valence electrons. The molecule has 0 bridgehead atoms. The normalized spacial score (nSPS) is 15.3. The Morgan fingerprint density at radius 1 is 1.17 bits per heavy atom. The van der Waals surface area contributed by atoms with E-state index >= 15 is 0 Å². The summed E-state index contributed by atoms with van der Waals surface area (Å²) in [5.74, 6) is 1.18. The highest BCUT2D eigenvalue weighted by Crippen LogP contribution is 2.24. The zero-order valence-corrected chi connectivity index (χ0v) is 18.3. The Balaban J connectivity index is 1.54. The molecule has 0 radical (unpaired) electrons. The molecule has 0 spiro atoms. The van der Waals surface area contributed by atoms with Gasteiger partial charge in [-0.2, -0.15) is 4.98 Å². The van der Waals surface area contributed by atoms with Crippen LogP contribution in [0.1, 0.15) is 45.0 Å². The van der Waals surface area contributed by atoms with Gasteiger partial charge in [0.2, 0.25) is 5.88 Å². The molecule has 0 aliphatic carbocycles. The van der Waals surface area contributed by atoms with Crippen molar-refractivity contribution in [2.45, 2.75) is 51.7 Å². The topological polar surface area (TPSA) is 64.5 Å². The first-order chi connectivity index (χ1) is 13.7. The van der Waals surface area contributed by atoms with Crippen LogP contribution in [-0.4, -0.2) is 45.8 Å². The molecule has 0 N–H and O–H groups in total. The zero-order chi connectivity index (χ0) is 21.0. The summed E-state index contributed by atoms with van der Waals surface area (Å²) in [5, 5.41) is 1.03. The number of likely N-dealkylation sites (tertiary alicyclic amines) is 1. The van der Waals surface area contributed by atoms with Gasteiger partial charge in [-0.15, -0.1) is 0 Å². The number of piperidine rings is 1. The monoisotopic (exact) mass is 437 g/mol. The van der Waals surface area contributed by atoms with E-state index in [1.54, 1.807) is 23.2 Å². The summed E-state index contributed by atoms with van der Waals surface area (Å²) >= 11 is 12.0. The third kappa shape index (κ3) is 6.47. The number of benzene rings is 1. The highest BCUT2D eigenvalue weighted by Gasteiger charge is 2.27. The van der Waals surface area contributed by atoms with Gasteiger partial charge in [-0.1, -0.05) is 29.3 Å². The third-order valence-electron chi connectivity index (χ3n) is 4.41. The van der Waals surface area contributed by atoms with E-state index < -0.39 is 5.60 Å². The van der Waals surface area contributed by atoms with Gasteiger partial charge in [0.15, 0.2) is 0 Å². The van der Waals surface area contributed by atoms with Crippen molar-refractivity contribution in [3.05, 3.63) is 51.9 Å². The van der Waals surface area contributed by atoms with Gasteiger partial charge in [0.25, 0.3) is 0 Å². The second-order valence-electron chi connectivity index (χ2n) is 8.02. The molecule has 1 aliphatic heterocycles. The number of nitrogens with zero attached hydrogens (tertiary/aromatic N) is 3. The summed E-state index contributed by atoms with van der Waals surface area (Å²) in [6, 6.07) is 7.22. The van der Waals surface area contributed by atoms with Crippen molar-refractivity contribution >= 4 is 29.3 Å². The number of aromatic nitrogens is 2. The fourth-order valence-electron chi connectivity index (χ4n) is 3.02. The summed E-state index contributed by atoms with van der Waals surface area (Å²) in [6.07, 6.45) is 3.40. The standard InChI is InChI=1S/C21H25Cl2N3O3/c1-21(2,3)29-20(27)26-10-7-15(8-11-26)28-19-6-9-24-18(25-19)13-14-4-5-16(22)17(23)12-14/h4-6,9,12,15H,7-8,10-11,13H2,1-3H3. The predicted octanol–water partition coefficient (Wildman–Crippen LogP) is 5.15. The molecule has 0 atom stereocenters. The average Bonchev–Trinajstić information content (AvgIpc) is 2.64. The summed E-state index contributed by atoms with van der Waals surface area (Å²) in [4.78, 5) is 22.7. The molecule has 1 aromatic heterocycles. The number of halogens is 2. The Labute approximate surface area is 181 Å². The van der Waals surface area contributed by atoms with Crippen molar-refractivity contribution in [1.82, 2.24) is 14.9 Å². The van der Waals surface area contributed by atoms with Crippen LogP contribution in [0.2, 0.25) is 10.0 Å². The van der Waals surface area contributed by atoms with Crippen LogP contribution in [0.25, 0.3) is 0 Å². The Morgan fingerprint density at radius 2 is 1.90 bits per heavy atom. The molecule has 1 amide bonds. The third-order valence-corrected chi connectivity index (χ3v) is 5.15. The Hall–Kier alpha value is -2.05. The van der Waals surface area contributed by atoms with Crippen molar-refractivity contribution in [2.75, 3.05) is 13.1 Å². The van der Waals surface area contributed by atoms with Crippen LogP contribution >= 0.6 is 23.2 Å². The molecule has 8 heteroatoms. The van der Waals surface area contributed by atoms with Crippen molar-refractivity contribution in [1.29, 1.82) is 0 Å². The quantitative estimate of drug-likeness (QED) is 0.661. The second kappa shape index (κ2) is 9.18. The van der Waals surface area contributed by atoms with E-state index in [-0.39, 0.29) is 12.2 Å². The van der Waals surface area contributed by atoms with E-state index in [4.69, 9.17) is 32.7 Å². The highest BCUT2D eigenvalue weighted by atomic mass is 35.5. The number of hydrogen-bond acceptors (Lipinski definition) is 5. The van der Waals surface area contributed by atoms with Crippen molar-refractivity contribution in [2.24, 2.45) is 0 Å². The van der Waals surface area contributed by atoms with Crippen LogP contribution in [0, 0.1) is 0 Å². The lowest BCUT2D eigenvalue weighted by Gasteiger charge is -2.33. The molecule has 1 fully saturated rings. The van der Waals surface area contributed by atoms with Gasteiger partial charge in [-0.25, -0.2) is 9.78 Å². The van der Waals surface area contributed by atoms with Gasteiger partial charge in [-0.05, 0) is 38.5 Å². The first kappa shape index (κ1) is 21.7. The van der Waals surface area contributed by atoms with E-state index in [2.05, 4.69) is 9.97 Å². The lowest BCUT2D eigenvalue weighted by atomic mass is 10.1. The van der Waals surface area contributed by atoms with Gasteiger partial charge in [-0.3, -0.25) is 0 Å². The smallest absolute Gasteiger partial charge is 0.410 e. The molecule has 2 aromatic rings. The SMILES string of the molecule is CC(C)(C)OC(=O)N1CCC(Oc2ccnc(Cc3ccc(Cl)c(Cl)c3)n2)CC1. The Bertz CT molecular complexity index is 862. The Morgan fingerprint density at radius 3 is 2.55 bits per heavy atom. The Kier molecular flexibility index (Phi) is 6.85. The minimum atomic E-state index is -0.490. The summed E-state index contributed by atoms with van der Waals surface area (Å²) in [5.41, 5.74) is 0.484. The number of carbonyl (C=O) groups excluding carboxylic acids is 1. The molecular weight excluding hydrogens is 413 g/mol. The van der Waals surface area contributed by atoms with E-state index in [0.717, 1.165) is 18.4 Å². The van der Waals surface area contributed by atoms with Crippen LogP contribution < -0.4 is 4.74 Å². The van der Waals surface area contributed by atoms with Crippen LogP contribution in [0.4, 0.5) is 4.79 Å². The number of amides is 1. The predicted molar refractivity (Wildman–Crippen MR) is 113 cm³/mol. The molecule has 0 saturated carbocycles.